The van der Waals surface area contributed by atoms with E-state index in [4.69, 9.17) is 0 Å². The Labute approximate surface area is 91.0 Å². The normalized spacial score (nSPS) is 23.5. The predicted molar refractivity (Wildman–Crippen MR) is 58.3 cm³/mol. The fourth-order valence-electron chi connectivity index (χ4n) is 1.78. The first-order chi connectivity index (χ1) is 7.02. The minimum absolute atomic E-state index is 0.0463. The van der Waals surface area contributed by atoms with Crippen LogP contribution >= 0.6 is 0 Å². The van der Waals surface area contributed by atoms with Crippen LogP contribution in [0.4, 0.5) is 0 Å². The number of carbonyl (C=O) groups is 2. The van der Waals surface area contributed by atoms with Gasteiger partial charge in [-0.2, -0.15) is 0 Å². The molecule has 1 rings (SSSR count). The summed E-state index contributed by atoms with van der Waals surface area (Å²) in [5.41, 5.74) is 3.17. The van der Waals surface area contributed by atoms with Crippen molar-refractivity contribution < 1.29 is 9.59 Å². The van der Waals surface area contributed by atoms with E-state index < -0.39 is 6.04 Å². The van der Waals surface area contributed by atoms with Gasteiger partial charge in [0.2, 0.25) is 0 Å². The number of hydrogen-bond donors (Lipinski definition) is 1. The number of piperidine rings is 1. The molecule has 0 bridgehead atoms. The Bertz CT molecular complexity index is 251. The van der Waals surface area contributed by atoms with Crippen LogP contribution < -0.4 is 5.43 Å². The number of rotatable bonds is 4. The zero-order valence-electron chi connectivity index (χ0n) is 9.75. The molecule has 15 heavy (non-hydrogen) atoms. The summed E-state index contributed by atoms with van der Waals surface area (Å²) < 4.78 is 0. The maximum Gasteiger partial charge on any atom is 0.158 e. The third kappa shape index (κ3) is 3.39. The molecule has 0 spiro atoms. The molecule has 1 aliphatic rings. The molecule has 86 valence electrons. The van der Waals surface area contributed by atoms with E-state index in [-0.39, 0.29) is 11.6 Å². The highest BCUT2D eigenvalue weighted by atomic mass is 16.2. The Balaban J connectivity index is 2.58. The van der Waals surface area contributed by atoms with Gasteiger partial charge < -0.3 is 0 Å². The maximum atomic E-state index is 11.6. The monoisotopic (exact) mass is 212 g/mol. The second-order valence-corrected chi connectivity index (χ2v) is 4.53. The van der Waals surface area contributed by atoms with E-state index in [0.29, 0.717) is 12.3 Å². The Hall–Kier alpha value is -0.740. The molecule has 0 aromatic rings. The van der Waals surface area contributed by atoms with Crippen molar-refractivity contribution in [1.29, 1.82) is 0 Å². The van der Waals surface area contributed by atoms with Gasteiger partial charge in [-0.3, -0.25) is 15.0 Å². The molecule has 1 N–H and O–H groups in total. The molecule has 1 fully saturated rings. The summed E-state index contributed by atoms with van der Waals surface area (Å²) in [6.07, 6.45) is 1.37. The molecule has 0 amide bonds. The zero-order chi connectivity index (χ0) is 11.4. The number of hydrogen-bond acceptors (Lipinski definition) is 4. The first-order valence-electron chi connectivity index (χ1n) is 5.55. The Kier molecular flexibility index (Phi) is 4.42. The Morgan fingerprint density at radius 1 is 1.60 bits per heavy atom. The van der Waals surface area contributed by atoms with Crippen molar-refractivity contribution in [2.75, 3.05) is 13.1 Å². The van der Waals surface area contributed by atoms with Crippen LogP contribution in [0.2, 0.25) is 0 Å². The SMILES string of the molecule is CC(=O)C1C(=O)CCCN1NCC(C)C. The van der Waals surface area contributed by atoms with Crippen molar-refractivity contribution in [1.82, 2.24) is 10.4 Å². The number of nitrogens with zero attached hydrogens (tertiary/aromatic N) is 1. The topological polar surface area (TPSA) is 49.4 Å². The van der Waals surface area contributed by atoms with Gasteiger partial charge in [-0.1, -0.05) is 13.8 Å². The Morgan fingerprint density at radius 2 is 2.27 bits per heavy atom. The predicted octanol–water partition coefficient (Wildman–Crippen LogP) is 0.769. The van der Waals surface area contributed by atoms with E-state index in [9.17, 15) is 9.59 Å². The van der Waals surface area contributed by atoms with Gasteiger partial charge in [0.25, 0.3) is 0 Å². The van der Waals surface area contributed by atoms with Crippen LogP contribution in [0.5, 0.6) is 0 Å². The van der Waals surface area contributed by atoms with Gasteiger partial charge in [-0.15, -0.1) is 0 Å². The van der Waals surface area contributed by atoms with Crippen LogP contribution in [0.3, 0.4) is 0 Å². The van der Waals surface area contributed by atoms with Crippen LogP contribution in [-0.4, -0.2) is 35.7 Å². The molecule has 0 aliphatic carbocycles. The molecule has 1 unspecified atom stereocenters. The minimum atomic E-state index is -0.558. The summed E-state index contributed by atoms with van der Waals surface area (Å²) in [6, 6.07) is -0.558. The number of carbonyl (C=O) groups excluding carboxylic acids is 2. The highest BCUT2D eigenvalue weighted by Crippen LogP contribution is 2.12. The summed E-state index contributed by atoms with van der Waals surface area (Å²) in [4.78, 5) is 23.0. The molecule has 0 saturated carbocycles. The average Bonchev–Trinajstić information content (AvgIpc) is 2.13. The van der Waals surface area contributed by atoms with Crippen molar-refractivity contribution in [3.05, 3.63) is 0 Å². The quantitative estimate of drug-likeness (QED) is 0.699. The lowest BCUT2D eigenvalue weighted by atomic mass is 9.99. The second kappa shape index (κ2) is 5.37. The summed E-state index contributed by atoms with van der Waals surface area (Å²) in [7, 11) is 0. The second-order valence-electron chi connectivity index (χ2n) is 4.53. The number of Topliss-reactive ketones (excluding diaryl/α,β-unsaturated/α-hetero) is 2. The minimum Gasteiger partial charge on any atom is -0.298 e. The third-order valence-electron chi connectivity index (χ3n) is 2.53. The summed E-state index contributed by atoms with van der Waals surface area (Å²) in [5, 5.41) is 1.80. The van der Waals surface area contributed by atoms with E-state index in [2.05, 4.69) is 19.3 Å². The molecule has 1 heterocycles. The van der Waals surface area contributed by atoms with Crippen LogP contribution in [0.15, 0.2) is 0 Å². The third-order valence-corrected chi connectivity index (χ3v) is 2.53. The first-order valence-corrected chi connectivity index (χ1v) is 5.55. The van der Waals surface area contributed by atoms with Gasteiger partial charge in [-0.05, 0) is 19.3 Å². The van der Waals surface area contributed by atoms with Gasteiger partial charge >= 0.3 is 0 Å². The van der Waals surface area contributed by atoms with E-state index in [0.717, 1.165) is 19.5 Å². The first kappa shape index (κ1) is 12.3. The maximum absolute atomic E-state index is 11.6. The average molecular weight is 212 g/mol. The lowest BCUT2D eigenvalue weighted by Crippen LogP contribution is -2.56. The zero-order valence-corrected chi connectivity index (χ0v) is 9.75. The molecule has 1 saturated heterocycles. The molecule has 4 nitrogen and oxygen atoms in total. The molecule has 4 heteroatoms. The van der Waals surface area contributed by atoms with Crippen molar-refractivity contribution in [3.8, 4) is 0 Å². The molecule has 0 aromatic heterocycles. The van der Waals surface area contributed by atoms with Crippen LogP contribution in [0.25, 0.3) is 0 Å². The summed E-state index contributed by atoms with van der Waals surface area (Å²) in [6.45, 7) is 7.26. The van der Waals surface area contributed by atoms with Crippen LogP contribution in [0, 0.1) is 5.92 Å². The molecule has 1 aliphatic heterocycles. The van der Waals surface area contributed by atoms with Gasteiger partial charge in [0.15, 0.2) is 11.6 Å². The molecular weight excluding hydrogens is 192 g/mol. The number of ketones is 2. The fourth-order valence-corrected chi connectivity index (χ4v) is 1.78. The number of hydrazine groups is 1. The van der Waals surface area contributed by atoms with E-state index in [1.807, 2.05) is 0 Å². The van der Waals surface area contributed by atoms with Crippen molar-refractivity contribution in [3.63, 3.8) is 0 Å². The lowest BCUT2D eigenvalue weighted by molar-refractivity contribution is -0.138. The molecular formula is C11H20N2O2. The summed E-state index contributed by atoms with van der Waals surface area (Å²) >= 11 is 0. The van der Waals surface area contributed by atoms with Gasteiger partial charge in [-0.25, -0.2) is 5.01 Å². The van der Waals surface area contributed by atoms with Crippen molar-refractivity contribution >= 4 is 11.6 Å². The van der Waals surface area contributed by atoms with Gasteiger partial charge in [0.1, 0.15) is 6.04 Å². The molecule has 0 aromatic carbocycles. The van der Waals surface area contributed by atoms with Crippen molar-refractivity contribution in [2.45, 2.75) is 39.7 Å². The standard InChI is InChI=1S/C11H20N2O2/c1-8(2)7-12-13-6-4-5-10(15)11(13)9(3)14/h8,11-12H,4-7H2,1-3H3. The van der Waals surface area contributed by atoms with Crippen LogP contribution in [0.1, 0.15) is 33.6 Å². The summed E-state index contributed by atoms with van der Waals surface area (Å²) in [5.74, 6) is 0.496. The largest absolute Gasteiger partial charge is 0.298 e. The van der Waals surface area contributed by atoms with Gasteiger partial charge in [0.05, 0.1) is 0 Å². The van der Waals surface area contributed by atoms with E-state index >= 15 is 0 Å². The molecule has 1 atom stereocenters. The van der Waals surface area contributed by atoms with Crippen LogP contribution in [-0.2, 0) is 9.59 Å². The van der Waals surface area contributed by atoms with E-state index in [1.54, 1.807) is 5.01 Å². The Morgan fingerprint density at radius 3 is 2.80 bits per heavy atom. The van der Waals surface area contributed by atoms with Gasteiger partial charge in [0, 0.05) is 19.5 Å². The fraction of sp³-hybridized carbons (Fsp3) is 0.818. The highest BCUT2D eigenvalue weighted by Gasteiger charge is 2.32. The smallest absolute Gasteiger partial charge is 0.158 e. The lowest BCUT2D eigenvalue weighted by Gasteiger charge is -2.33. The van der Waals surface area contributed by atoms with Crippen molar-refractivity contribution in [2.24, 2.45) is 5.92 Å². The highest BCUT2D eigenvalue weighted by molar-refractivity contribution is 6.05. The number of nitrogens with one attached hydrogen (secondary N) is 1. The molecule has 0 radical (unpaired) electrons. The van der Waals surface area contributed by atoms with E-state index in [1.165, 1.54) is 6.92 Å².